The van der Waals surface area contributed by atoms with Crippen LogP contribution in [-0.4, -0.2) is 53.1 Å². The van der Waals surface area contributed by atoms with E-state index in [0.29, 0.717) is 22.9 Å². The van der Waals surface area contributed by atoms with Crippen molar-refractivity contribution >= 4 is 29.8 Å². The Morgan fingerprint density at radius 3 is 2.25 bits per heavy atom. The van der Waals surface area contributed by atoms with E-state index in [1.54, 1.807) is 18.2 Å². The molecule has 28 heavy (non-hydrogen) atoms. The predicted molar refractivity (Wildman–Crippen MR) is 109 cm³/mol. The van der Waals surface area contributed by atoms with Crippen LogP contribution in [0.25, 0.3) is 0 Å². The topological polar surface area (TPSA) is 99.4 Å². The number of hydrazone groups is 1. The van der Waals surface area contributed by atoms with Crippen LogP contribution in [0.2, 0.25) is 5.02 Å². The average molecular weight is 413 g/mol. The molecule has 0 saturated carbocycles. The van der Waals surface area contributed by atoms with Crippen LogP contribution in [0.3, 0.4) is 0 Å². The van der Waals surface area contributed by atoms with E-state index in [9.17, 15) is 9.59 Å². The number of carboxylic acids is 2. The molecule has 1 rings (SSSR count). The summed E-state index contributed by atoms with van der Waals surface area (Å²) in [7, 11) is 0. The number of ether oxygens (including phenoxy) is 1. The molecular formula is C20H29ClN2O5. The van der Waals surface area contributed by atoms with Crippen LogP contribution in [0.4, 0.5) is 0 Å². The molecule has 0 aromatic heterocycles. The molecule has 0 radical (unpaired) electrons. The van der Waals surface area contributed by atoms with Crippen molar-refractivity contribution in [2.45, 2.75) is 51.9 Å². The molecule has 0 saturated heterocycles. The minimum Gasteiger partial charge on any atom is -0.492 e. The number of unbranched alkanes of at least 4 members (excludes halogenated alkanes) is 6. The van der Waals surface area contributed by atoms with Crippen molar-refractivity contribution < 1.29 is 24.5 Å². The molecule has 0 atom stereocenters. The van der Waals surface area contributed by atoms with Crippen LogP contribution in [0.15, 0.2) is 23.3 Å². The van der Waals surface area contributed by atoms with Gasteiger partial charge in [-0.2, -0.15) is 5.10 Å². The van der Waals surface area contributed by atoms with Gasteiger partial charge in [0, 0.05) is 0 Å². The van der Waals surface area contributed by atoms with Gasteiger partial charge in [-0.05, 0) is 30.2 Å². The second kappa shape index (κ2) is 13.8. The molecule has 0 aliphatic carbocycles. The van der Waals surface area contributed by atoms with Crippen molar-refractivity contribution in [1.29, 1.82) is 0 Å². The molecular weight excluding hydrogens is 384 g/mol. The minimum atomic E-state index is -1.16. The third kappa shape index (κ3) is 10.8. The summed E-state index contributed by atoms with van der Waals surface area (Å²) in [6, 6.07) is 5.10. The highest BCUT2D eigenvalue weighted by Gasteiger charge is 2.10. The Kier molecular flexibility index (Phi) is 11.7. The van der Waals surface area contributed by atoms with Gasteiger partial charge in [0.25, 0.3) is 0 Å². The zero-order chi connectivity index (χ0) is 20.8. The second-order valence-electron chi connectivity index (χ2n) is 6.51. The number of hydrogen-bond acceptors (Lipinski definition) is 5. The van der Waals surface area contributed by atoms with E-state index >= 15 is 0 Å². The Morgan fingerprint density at radius 2 is 1.68 bits per heavy atom. The molecule has 0 spiro atoms. The quantitative estimate of drug-likeness (QED) is 0.253. The average Bonchev–Trinajstić information content (AvgIpc) is 2.62. The first kappa shape index (κ1) is 23.8. The Labute approximate surface area is 170 Å². The number of rotatable bonds is 15. The molecule has 1 aromatic rings. The van der Waals surface area contributed by atoms with Crippen molar-refractivity contribution in [2.75, 3.05) is 19.7 Å². The Morgan fingerprint density at radius 1 is 1.07 bits per heavy atom. The summed E-state index contributed by atoms with van der Waals surface area (Å²) in [6.07, 6.45) is 9.81. The van der Waals surface area contributed by atoms with Crippen LogP contribution in [-0.2, 0) is 9.59 Å². The summed E-state index contributed by atoms with van der Waals surface area (Å²) in [5, 5.41) is 22.9. The molecule has 0 unspecified atom stereocenters. The monoisotopic (exact) mass is 412 g/mol. The third-order valence-corrected chi connectivity index (χ3v) is 4.26. The van der Waals surface area contributed by atoms with Crippen molar-refractivity contribution in [1.82, 2.24) is 5.01 Å². The first-order valence-corrected chi connectivity index (χ1v) is 9.95. The zero-order valence-corrected chi connectivity index (χ0v) is 17.0. The lowest BCUT2D eigenvalue weighted by molar-refractivity contribution is -0.141. The van der Waals surface area contributed by atoms with E-state index in [1.165, 1.54) is 38.3 Å². The predicted octanol–water partition coefficient (Wildman–Crippen LogP) is 4.27. The van der Waals surface area contributed by atoms with E-state index in [4.69, 9.17) is 26.6 Å². The van der Waals surface area contributed by atoms with Gasteiger partial charge in [0.2, 0.25) is 0 Å². The largest absolute Gasteiger partial charge is 0.492 e. The number of halogens is 1. The number of carbonyl (C=O) groups is 2. The zero-order valence-electron chi connectivity index (χ0n) is 16.3. The summed E-state index contributed by atoms with van der Waals surface area (Å²) >= 11 is 6.22. The smallest absolute Gasteiger partial charge is 0.324 e. The molecule has 156 valence electrons. The van der Waals surface area contributed by atoms with Crippen molar-refractivity contribution in [3.05, 3.63) is 28.8 Å². The summed E-state index contributed by atoms with van der Waals surface area (Å²) in [6.45, 7) is 1.80. The van der Waals surface area contributed by atoms with Crippen molar-refractivity contribution in [3.63, 3.8) is 0 Å². The molecule has 0 aliphatic rings. The van der Waals surface area contributed by atoms with Gasteiger partial charge in [0.15, 0.2) is 0 Å². The van der Waals surface area contributed by atoms with E-state index in [2.05, 4.69) is 12.0 Å². The molecule has 1 aromatic carbocycles. The highest BCUT2D eigenvalue weighted by molar-refractivity contribution is 6.32. The number of carboxylic acid groups (broad SMARTS) is 2. The molecule has 0 heterocycles. The van der Waals surface area contributed by atoms with Gasteiger partial charge in [-0.1, -0.05) is 57.0 Å². The Hall–Kier alpha value is -2.28. The van der Waals surface area contributed by atoms with Gasteiger partial charge >= 0.3 is 11.9 Å². The lowest BCUT2D eigenvalue weighted by Gasteiger charge is -2.13. The number of hydrogen-bond donors (Lipinski definition) is 2. The van der Waals surface area contributed by atoms with Crippen LogP contribution >= 0.6 is 11.6 Å². The maximum atomic E-state index is 10.8. The molecule has 0 amide bonds. The summed E-state index contributed by atoms with van der Waals surface area (Å²) < 4.78 is 5.71. The van der Waals surface area contributed by atoms with Crippen molar-refractivity contribution in [2.24, 2.45) is 5.10 Å². The summed E-state index contributed by atoms with van der Waals surface area (Å²) in [5.74, 6) is -1.74. The number of aliphatic carboxylic acids is 2. The maximum absolute atomic E-state index is 10.8. The van der Waals surface area contributed by atoms with Gasteiger partial charge in [0.1, 0.15) is 18.8 Å². The Balaban J connectivity index is 2.47. The molecule has 7 nitrogen and oxygen atoms in total. The van der Waals surface area contributed by atoms with E-state index < -0.39 is 25.0 Å². The van der Waals surface area contributed by atoms with Gasteiger partial charge in [-0.3, -0.25) is 14.6 Å². The highest BCUT2D eigenvalue weighted by atomic mass is 35.5. The van der Waals surface area contributed by atoms with Crippen molar-refractivity contribution in [3.8, 4) is 5.75 Å². The van der Waals surface area contributed by atoms with Gasteiger partial charge < -0.3 is 14.9 Å². The number of nitrogens with zero attached hydrogens (tertiary/aromatic N) is 2. The summed E-state index contributed by atoms with van der Waals surface area (Å²) in [4.78, 5) is 21.5. The highest BCUT2D eigenvalue weighted by Crippen LogP contribution is 2.25. The van der Waals surface area contributed by atoms with Crippen LogP contribution in [0, 0.1) is 0 Å². The minimum absolute atomic E-state index is 0.426. The number of benzene rings is 1. The summed E-state index contributed by atoms with van der Waals surface area (Å²) in [5.41, 5.74) is 0.619. The fourth-order valence-electron chi connectivity index (χ4n) is 2.55. The fraction of sp³-hybridized carbons (Fsp3) is 0.550. The van der Waals surface area contributed by atoms with E-state index in [1.807, 2.05) is 0 Å². The molecule has 0 fully saturated rings. The molecule has 2 N–H and O–H groups in total. The first-order chi connectivity index (χ1) is 13.4. The Bertz CT molecular complexity index is 635. The van der Waals surface area contributed by atoms with Gasteiger partial charge in [-0.25, -0.2) is 0 Å². The molecule has 8 heteroatoms. The fourth-order valence-corrected chi connectivity index (χ4v) is 2.80. The standard InChI is InChI=1S/C20H29ClN2O5/c1-2-3-4-5-6-7-8-11-28-18-10-9-16(12-17(18)21)13-22-23(14-19(24)25)15-20(26)27/h9-10,12-13H,2-8,11,14-15H2,1H3,(H,24,25)(H,26,27)/b22-13-. The van der Waals surface area contributed by atoms with Crippen LogP contribution in [0.1, 0.15) is 57.4 Å². The third-order valence-electron chi connectivity index (χ3n) is 3.97. The van der Waals surface area contributed by atoms with Gasteiger partial charge in [0.05, 0.1) is 17.8 Å². The molecule has 0 bridgehead atoms. The van der Waals surface area contributed by atoms with E-state index in [0.717, 1.165) is 17.9 Å². The second-order valence-corrected chi connectivity index (χ2v) is 6.92. The van der Waals surface area contributed by atoms with Crippen LogP contribution < -0.4 is 4.74 Å². The van der Waals surface area contributed by atoms with Gasteiger partial charge in [-0.15, -0.1) is 0 Å². The normalized spacial score (nSPS) is 10.9. The van der Waals surface area contributed by atoms with E-state index in [-0.39, 0.29) is 0 Å². The lowest BCUT2D eigenvalue weighted by atomic mass is 10.1. The van der Waals surface area contributed by atoms with Crippen LogP contribution in [0.5, 0.6) is 5.75 Å². The first-order valence-electron chi connectivity index (χ1n) is 9.57. The lowest BCUT2D eigenvalue weighted by Crippen LogP contribution is -2.30. The molecule has 0 aliphatic heterocycles. The SMILES string of the molecule is CCCCCCCCCOc1ccc(/C=N\N(CC(=O)O)CC(=O)O)cc1Cl. The maximum Gasteiger partial charge on any atom is 0.324 e.